The Hall–Kier alpha value is -0.440. The summed E-state index contributed by atoms with van der Waals surface area (Å²) in [4.78, 5) is 0. The van der Waals surface area contributed by atoms with Crippen molar-refractivity contribution in [1.82, 2.24) is 0 Å². The Labute approximate surface area is 73.5 Å². The molecule has 64 valence electrons. The van der Waals surface area contributed by atoms with Gasteiger partial charge in [-0.15, -0.1) is 0 Å². The molecule has 0 saturated heterocycles. The summed E-state index contributed by atoms with van der Waals surface area (Å²) in [6.45, 7) is 4.12. The molecule has 0 bridgehead atoms. The van der Waals surface area contributed by atoms with Gasteiger partial charge in [0.2, 0.25) is 0 Å². The summed E-state index contributed by atoms with van der Waals surface area (Å²) >= 11 is 4.47. The molecule has 0 aliphatic heterocycles. The van der Waals surface area contributed by atoms with Crippen LogP contribution in [0.25, 0.3) is 0 Å². The number of hydrogen-bond acceptors (Lipinski definition) is 3. The molecular formula is C8H15NOS. The van der Waals surface area contributed by atoms with Gasteiger partial charge in [0, 0.05) is 5.92 Å². The first-order valence-electron chi connectivity index (χ1n) is 3.91. The van der Waals surface area contributed by atoms with E-state index in [1.807, 2.05) is 6.92 Å². The average Bonchev–Trinajstić information content (AvgIpc) is 2.00. The molecule has 2 nitrogen and oxygen atoms in total. The number of hydrogen-bond donors (Lipinski definition) is 1. The molecule has 0 radical (unpaired) electrons. The van der Waals surface area contributed by atoms with Crippen LogP contribution in [-0.2, 0) is 4.74 Å². The molecule has 0 fully saturated rings. The molecule has 0 aromatic carbocycles. The molecule has 0 aliphatic carbocycles. The van der Waals surface area contributed by atoms with Gasteiger partial charge in [0.05, 0.1) is 0 Å². The van der Waals surface area contributed by atoms with Crippen LogP contribution in [0.1, 0.15) is 33.1 Å². The second-order valence-electron chi connectivity index (χ2n) is 2.62. The molecule has 0 amide bonds. The van der Waals surface area contributed by atoms with Crippen molar-refractivity contribution in [3.63, 3.8) is 0 Å². The van der Waals surface area contributed by atoms with Crippen LogP contribution >= 0.6 is 12.2 Å². The smallest absolute Gasteiger partial charge is 0.190 e. The van der Waals surface area contributed by atoms with Crippen molar-refractivity contribution in [3.05, 3.63) is 0 Å². The normalized spacial score (nSPS) is 12.2. The first kappa shape index (κ1) is 10.6. The SMILES string of the molecule is CCCCC(C)C(=N)OC=S. The van der Waals surface area contributed by atoms with Gasteiger partial charge in [-0.25, -0.2) is 0 Å². The van der Waals surface area contributed by atoms with Crippen molar-refractivity contribution in [2.24, 2.45) is 5.92 Å². The van der Waals surface area contributed by atoms with Gasteiger partial charge in [-0.05, 0) is 18.6 Å². The Kier molecular flexibility index (Phi) is 6.03. The molecule has 3 heteroatoms. The maximum atomic E-state index is 7.35. The van der Waals surface area contributed by atoms with E-state index in [0.717, 1.165) is 24.8 Å². The van der Waals surface area contributed by atoms with E-state index in [2.05, 4.69) is 19.1 Å². The highest BCUT2D eigenvalue weighted by Crippen LogP contribution is 2.08. The van der Waals surface area contributed by atoms with Gasteiger partial charge in [-0.3, -0.25) is 5.41 Å². The Bertz CT molecular complexity index is 136. The number of ether oxygens (including phenoxy) is 1. The molecule has 11 heavy (non-hydrogen) atoms. The van der Waals surface area contributed by atoms with E-state index in [1.165, 1.54) is 0 Å². The lowest BCUT2D eigenvalue weighted by Crippen LogP contribution is -2.12. The predicted octanol–water partition coefficient (Wildman–Crippen LogP) is 2.76. The van der Waals surface area contributed by atoms with Crippen LogP contribution in [0.15, 0.2) is 0 Å². The number of thiocarbonyl (C=S) groups is 1. The van der Waals surface area contributed by atoms with Crippen molar-refractivity contribution in [3.8, 4) is 0 Å². The quantitative estimate of drug-likeness (QED) is 0.394. The first-order chi connectivity index (χ1) is 5.22. The summed E-state index contributed by atoms with van der Waals surface area (Å²) in [5.41, 5.74) is 1.14. The second-order valence-corrected chi connectivity index (χ2v) is 2.81. The third-order valence-corrected chi connectivity index (χ3v) is 1.71. The highest BCUT2D eigenvalue weighted by molar-refractivity contribution is 7.78. The van der Waals surface area contributed by atoms with Crippen LogP contribution in [0.2, 0.25) is 0 Å². The summed E-state index contributed by atoms with van der Waals surface area (Å²) in [7, 11) is 0. The Morgan fingerprint density at radius 1 is 1.73 bits per heavy atom. The fourth-order valence-corrected chi connectivity index (χ4v) is 0.913. The highest BCUT2D eigenvalue weighted by Gasteiger charge is 2.07. The summed E-state index contributed by atoms with van der Waals surface area (Å²) < 4.78 is 4.77. The molecule has 0 spiro atoms. The van der Waals surface area contributed by atoms with Crippen LogP contribution in [0.4, 0.5) is 0 Å². The number of rotatable bonds is 5. The minimum Gasteiger partial charge on any atom is -0.440 e. The third-order valence-electron chi connectivity index (χ3n) is 1.61. The second kappa shape index (κ2) is 6.28. The summed E-state index contributed by atoms with van der Waals surface area (Å²) in [5.74, 6) is 0.489. The molecule has 0 aliphatic rings. The summed E-state index contributed by atoms with van der Waals surface area (Å²) in [6, 6.07) is 0. The van der Waals surface area contributed by atoms with Gasteiger partial charge in [0.25, 0.3) is 0 Å². The van der Waals surface area contributed by atoms with Gasteiger partial charge in [-0.1, -0.05) is 26.7 Å². The van der Waals surface area contributed by atoms with Crippen LogP contribution in [0.5, 0.6) is 0 Å². The van der Waals surface area contributed by atoms with E-state index in [0.29, 0.717) is 0 Å². The first-order valence-corrected chi connectivity index (χ1v) is 4.38. The lowest BCUT2D eigenvalue weighted by Gasteiger charge is -2.09. The molecule has 1 atom stereocenters. The minimum atomic E-state index is 0.203. The topological polar surface area (TPSA) is 33.1 Å². The van der Waals surface area contributed by atoms with Gasteiger partial charge in [0.15, 0.2) is 11.5 Å². The zero-order valence-electron chi connectivity index (χ0n) is 7.09. The molecule has 0 aromatic rings. The molecule has 1 N–H and O–H groups in total. The minimum absolute atomic E-state index is 0.203. The van der Waals surface area contributed by atoms with E-state index in [1.54, 1.807) is 0 Å². The third kappa shape index (κ3) is 4.90. The standard InChI is InChI=1S/C8H15NOS/c1-3-4-5-7(2)8(9)10-6-11/h6-7,9H,3-5H2,1-2H3. The average molecular weight is 173 g/mol. The number of unbranched alkanes of at least 4 members (excludes halogenated alkanes) is 1. The fourth-order valence-electron chi connectivity index (χ4n) is 0.809. The molecule has 1 unspecified atom stereocenters. The van der Waals surface area contributed by atoms with Crippen molar-refractivity contribution in [2.75, 3.05) is 0 Å². The van der Waals surface area contributed by atoms with E-state index in [-0.39, 0.29) is 11.8 Å². The van der Waals surface area contributed by atoms with E-state index >= 15 is 0 Å². The summed E-state index contributed by atoms with van der Waals surface area (Å²) in [5, 5.41) is 7.35. The van der Waals surface area contributed by atoms with Crippen LogP contribution < -0.4 is 0 Å². The molecule has 0 heterocycles. The fraction of sp³-hybridized carbons (Fsp3) is 0.750. The Morgan fingerprint density at radius 3 is 2.82 bits per heavy atom. The van der Waals surface area contributed by atoms with E-state index < -0.39 is 0 Å². The highest BCUT2D eigenvalue weighted by atomic mass is 32.1. The van der Waals surface area contributed by atoms with Gasteiger partial charge in [-0.2, -0.15) is 0 Å². The van der Waals surface area contributed by atoms with E-state index in [4.69, 9.17) is 10.1 Å². The largest absolute Gasteiger partial charge is 0.440 e. The zero-order valence-corrected chi connectivity index (χ0v) is 7.91. The zero-order chi connectivity index (χ0) is 8.69. The molecular weight excluding hydrogens is 158 g/mol. The predicted molar refractivity (Wildman–Crippen MR) is 51.2 cm³/mol. The van der Waals surface area contributed by atoms with Gasteiger partial charge in [0.1, 0.15) is 0 Å². The van der Waals surface area contributed by atoms with Crippen molar-refractivity contribution in [1.29, 1.82) is 5.41 Å². The lowest BCUT2D eigenvalue weighted by atomic mass is 10.0. The summed E-state index contributed by atoms with van der Waals surface area (Å²) in [6.07, 6.45) is 3.32. The Balaban J connectivity index is 3.54. The van der Waals surface area contributed by atoms with E-state index in [9.17, 15) is 0 Å². The maximum absolute atomic E-state index is 7.35. The van der Waals surface area contributed by atoms with Crippen LogP contribution in [0.3, 0.4) is 0 Å². The molecule has 0 aromatic heterocycles. The number of nitrogens with one attached hydrogen (secondary N) is 1. The van der Waals surface area contributed by atoms with Gasteiger partial charge < -0.3 is 4.74 Å². The van der Waals surface area contributed by atoms with Crippen LogP contribution in [0, 0.1) is 11.3 Å². The van der Waals surface area contributed by atoms with Crippen molar-refractivity contribution in [2.45, 2.75) is 33.1 Å². The van der Waals surface area contributed by atoms with Crippen molar-refractivity contribution >= 4 is 23.7 Å². The Morgan fingerprint density at radius 2 is 2.36 bits per heavy atom. The van der Waals surface area contributed by atoms with Gasteiger partial charge >= 0.3 is 0 Å². The molecule has 0 saturated carbocycles. The lowest BCUT2D eigenvalue weighted by molar-refractivity contribution is 0.484. The van der Waals surface area contributed by atoms with Crippen LogP contribution in [-0.4, -0.2) is 11.5 Å². The maximum Gasteiger partial charge on any atom is 0.190 e. The monoisotopic (exact) mass is 173 g/mol. The van der Waals surface area contributed by atoms with Crippen molar-refractivity contribution < 1.29 is 4.74 Å². The molecule has 0 rings (SSSR count).